The van der Waals surface area contributed by atoms with Crippen molar-refractivity contribution >= 4 is 0 Å². The molecule has 3 nitrogen and oxygen atoms in total. The number of aryl methyl sites for hydroxylation is 1. The Labute approximate surface area is 60.4 Å². The van der Waals surface area contributed by atoms with Crippen LogP contribution in [-0.4, -0.2) is 15.0 Å². The maximum absolute atomic E-state index is 3.87. The lowest BCUT2D eigenvalue weighted by Gasteiger charge is -1.89. The van der Waals surface area contributed by atoms with Crippen LogP contribution in [0.2, 0.25) is 0 Å². The highest BCUT2D eigenvalue weighted by atomic mass is 15.4. The van der Waals surface area contributed by atoms with Crippen molar-refractivity contribution in [2.45, 2.75) is 20.4 Å². The third-order valence-electron chi connectivity index (χ3n) is 1.18. The monoisotopic (exact) mass is 137 g/mol. The first-order valence-electron chi connectivity index (χ1n) is 3.31. The topological polar surface area (TPSA) is 30.7 Å². The molecule has 0 spiro atoms. The largest absolute Gasteiger partial charge is 0.248 e. The molecule has 1 heterocycles. The first-order chi connectivity index (χ1) is 4.83. The van der Waals surface area contributed by atoms with E-state index in [0.29, 0.717) is 0 Å². The summed E-state index contributed by atoms with van der Waals surface area (Å²) < 4.78 is 1.80. The van der Waals surface area contributed by atoms with Crippen LogP contribution >= 0.6 is 0 Å². The van der Waals surface area contributed by atoms with E-state index >= 15 is 0 Å². The lowest BCUT2D eigenvalue weighted by atomic mass is 10.5. The fourth-order valence-corrected chi connectivity index (χ4v) is 0.698. The highest BCUT2D eigenvalue weighted by Gasteiger charge is 1.89. The predicted octanol–water partition coefficient (Wildman–Crippen LogP) is 1.16. The van der Waals surface area contributed by atoms with E-state index in [4.69, 9.17) is 0 Å². The molecule has 0 amide bonds. The van der Waals surface area contributed by atoms with Crippen LogP contribution in [0.4, 0.5) is 0 Å². The Bertz CT molecular complexity index is 225. The van der Waals surface area contributed by atoms with Gasteiger partial charge in [0.05, 0.1) is 12.2 Å². The van der Waals surface area contributed by atoms with Gasteiger partial charge >= 0.3 is 0 Å². The van der Waals surface area contributed by atoms with Gasteiger partial charge in [0, 0.05) is 6.20 Å². The molecule has 1 aromatic rings. The molecule has 0 saturated carbocycles. The van der Waals surface area contributed by atoms with Gasteiger partial charge in [0.25, 0.3) is 0 Å². The lowest BCUT2D eigenvalue weighted by Crippen LogP contribution is -1.94. The molecule has 0 radical (unpaired) electrons. The smallest absolute Gasteiger partial charge is 0.0796 e. The SMILES string of the molecule is C/C=C/Cn1cc(C)nn1. The number of allylic oxidation sites excluding steroid dienone is 2. The first kappa shape index (κ1) is 6.99. The zero-order chi connectivity index (χ0) is 7.40. The molecule has 10 heavy (non-hydrogen) atoms. The molecule has 0 aliphatic rings. The zero-order valence-corrected chi connectivity index (χ0v) is 6.28. The Morgan fingerprint density at radius 1 is 1.70 bits per heavy atom. The average molecular weight is 137 g/mol. The van der Waals surface area contributed by atoms with E-state index in [-0.39, 0.29) is 0 Å². The molecular formula is C7H11N3. The minimum atomic E-state index is 0.817. The second kappa shape index (κ2) is 3.15. The van der Waals surface area contributed by atoms with Crippen LogP contribution in [0.15, 0.2) is 18.3 Å². The van der Waals surface area contributed by atoms with Crippen molar-refractivity contribution in [3.8, 4) is 0 Å². The fraction of sp³-hybridized carbons (Fsp3) is 0.429. The van der Waals surface area contributed by atoms with Crippen LogP contribution in [0.1, 0.15) is 12.6 Å². The number of aromatic nitrogens is 3. The minimum Gasteiger partial charge on any atom is -0.248 e. The van der Waals surface area contributed by atoms with E-state index < -0.39 is 0 Å². The van der Waals surface area contributed by atoms with Gasteiger partial charge in [-0.15, -0.1) is 5.10 Å². The van der Waals surface area contributed by atoms with Crippen LogP contribution in [0.5, 0.6) is 0 Å². The molecule has 54 valence electrons. The summed E-state index contributed by atoms with van der Waals surface area (Å²) in [7, 11) is 0. The van der Waals surface area contributed by atoms with Crippen molar-refractivity contribution in [2.75, 3.05) is 0 Å². The van der Waals surface area contributed by atoms with E-state index in [1.165, 1.54) is 0 Å². The van der Waals surface area contributed by atoms with Gasteiger partial charge in [-0.3, -0.25) is 0 Å². The highest BCUT2D eigenvalue weighted by molar-refractivity contribution is 4.88. The van der Waals surface area contributed by atoms with Crippen LogP contribution in [0.3, 0.4) is 0 Å². The summed E-state index contributed by atoms with van der Waals surface area (Å²) in [6.45, 7) is 4.74. The van der Waals surface area contributed by atoms with Crippen molar-refractivity contribution in [1.29, 1.82) is 0 Å². The van der Waals surface area contributed by atoms with Gasteiger partial charge in [-0.2, -0.15) is 0 Å². The molecule has 0 saturated heterocycles. The third-order valence-corrected chi connectivity index (χ3v) is 1.18. The van der Waals surface area contributed by atoms with Gasteiger partial charge in [-0.05, 0) is 13.8 Å². The molecule has 0 aliphatic heterocycles. The molecule has 0 unspecified atom stereocenters. The number of hydrogen-bond acceptors (Lipinski definition) is 2. The van der Waals surface area contributed by atoms with Crippen molar-refractivity contribution in [3.05, 3.63) is 24.0 Å². The van der Waals surface area contributed by atoms with Crippen LogP contribution in [0, 0.1) is 6.92 Å². The summed E-state index contributed by atoms with van der Waals surface area (Å²) >= 11 is 0. The van der Waals surface area contributed by atoms with E-state index in [1.54, 1.807) is 4.68 Å². The van der Waals surface area contributed by atoms with Crippen LogP contribution < -0.4 is 0 Å². The fourth-order valence-electron chi connectivity index (χ4n) is 0.698. The molecule has 3 heteroatoms. The summed E-state index contributed by atoms with van der Waals surface area (Å²) in [6, 6.07) is 0. The van der Waals surface area contributed by atoms with E-state index in [9.17, 15) is 0 Å². The van der Waals surface area contributed by atoms with Gasteiger partial charge in [0.1, 0.15) is 0 Å². The number of rotatable bonds is 2. The van der Waals surface area contributed by atoms with Crippen molar-refractivity contribution < 1.29 is 0 Å². The second-order valence-electron chi connectivity index (χ2n) is 2.15. The molecule has 0 aromatic carbocycles. The van der Waals surface area contributed by atoms with Crippen LogP contribution in [-0.2, 0) is 6.54 Å². The van der Waals surface area contributed by atoms with Crippen molar-refractivity contribution in [1.82, 2.24) is 15.0 Å². The third kappa shape index (κ3) is 1.69. The predicted molar refractivity (Wildman–Crippen MR) is 39.6 cm³/mol. The lowest BCUT2D eigenvalue weighted by molar-refractivity contribution is 0.661. The summed E-state index contributed by atoms with van der Waals surface area (Å²) in [6.07, 6.45) is 5.95. The van der Waals surface area contributed by atoms with E-state index in [1.807, 2.05) is 32.2 Å². The standard InChI is InChI=1S/C7H11N3/c1-3-4-5-10-6-7(2)8-9-10/h3-4,6H,5H2,1-2H3/b4-3+. The Morgan fingerprint density at radius 2 is 2.50 bits per heavy atom. The summed E-state index contributed by atoms with van der Waals surface area (Å²) in [5.41, 5.74) is 0.963. The molecule has 0 bridgehead atoms. The van der Waals surface area contributed by atoms with Gasteiger partial charge in [-0.25, -0.2) is 4.68 Å². The Kier molecular flexibility index (Phi) is 2.20. The summed E-state index contributed by atoms with van der Waals surface area (Å²) in [5, 5.41) is 7.72. The quantitative estimate of drug-likeness (QED) is 0.573. The zero-order valence-electron chi connectivity index (χ0n) is 6.28. The van der Waals surface area contributed by atoms with Gasteiger partial charge in [-0.1, -0.05) is 17.4 Å². The van der Waals surface area contributed by atoms with Gasteiger partial charge in [0.15, 0.2) is 0 Å². The average Bonchev–Trinajstić information content (AvgIpc) is 2.31. The summed E-state index contributed by atoms with van der Waals surface area (Å²) in [5.74, 6) is 0. The first-order valence-corrected chi connectivity index (χ1v) is 3.31. The molecular weight excluding hydrogens is 126 g/mol. The molecule has 0 N–H and O–H groups in total. The number of nitrogens with zero attached hydrogens (tertiary/aromatic N) is 3. The Balaban J connectivity index is 2.58. The molecule has 0 fully saturated rings. The van der Waals surface area contributed by atoms with Crippen molar-refractivity contribution in [2.24, 2.45) is 0 Å². The molecule has 0 atom stereocenters. The molecule has 0 aliphatic carbocycles. The second-order valence-corrected chi connectivity index (χ2v) is 2.15. The van der Waals surface area contributed by atoms with Gasteiger partial charge < -0.3 is 0 Å². The summed E-state index contributed by atoms with van der Waals surface area (Å²) in [4.78, 5) is 0. The van der Waals surface area contributed by atoms with E-state index in [2.05, 4.69) is 10.3 Å². The maximum atomic E-state index is 3.87. The normalized spacial score (nSPS) is 11.0. The van der Waals surface area contributed by atoms with Gasteiger partial charge in [0.2, 0.25) is 0 Å². The Morgan fingerprint density at radius 3 is 3.00 bits per heavy atom. The molecule has 1 aromatic heterocycles. The van der Waals surface area contributed by atoms with Crippen LogP contribution in [0.25, 0.3) is 0 Å². The van der Waals surface area contributed by atoms with Crippen molar-refractivity contribution in [3.63, 3.8) is 0 Å². The minimum absolute atomic E-state index is 0.817. The highest BCUT2D eigenvalue weighted by Crippen LogP contribution is 1.88. The number of hydrogen-bond donors (Lipinski definition) is 0. The Hall–Kier alpha value is -1.12. The van der Waals surface area contributed by atoms with E-state index in [0.717, 1.165) is 12.2 Å². The molecule has 1 rings (SSSR count). The maximum Gasteiger partial charge on any atom is 0.0796 e.